The van der Waals surface area contributed by atoms with Gasteiger partial charge in [0.05, 0.1) is 6.54 Å². The molecule has 0 spiro atoms. The molecule has 15 nitrogen and oxygen atoms in total. The number of hydrogen-bond donors (Lipinski definition) is 6. The van der Waals surface area contributed by atoms with Gasteiger partial charge in [-0.3, -0.25) is 39.5 Å². The molecule has 6 amide bonds. The number of piperazine rings is 1. The van der Waals surface area contributed by atoms with Crippen molar-refractivity contribution in [3.63, 3.8) is 0 Å². The summed E-state index contributed by atoms with van der Waals surface area (Å²) in [6.07, 6.45) is -4.30. The molecular formula is C34H41Cl2F3N8O7. The van der Waals surface area contributed by atoms with E-state index in [2.05, 4.69) is 26.6 Å². The second-order valence-electron chi connectivity index (χ2n) is 13.8. The lowest BCUT2D eigenvalue weighted by atomic mass is 10.1. The molecular weight excluding hydrogens is 760 g/mol. The molecule has 3 saturated heterocycles. The number of rotatable bonds is 7. The minimum atomic E-state index is -4.68. The molecule has 20 heteroatoms. The van der Waals surface area contributed by atoms with Gasteiger partial charge in [-0.25, -0.2) is 4.79 Å². The summed E-state index contributed by atoms with van der Waals surface area (Å²) in [6, 6.07) is 6.24. The third-order valence-corrected chi connectivity index (χ3v) is 8.57. The first-order valence-corrected chi connectivity index (χ1v) is 17.6. The van der Waals surface area contributed by atoms with Crippen molar-refractivity contribution in [1.82, 2.24) is 20.4 Å². The van der Waals surface area contributed by atoms with Gasteiger partial charge in [0.2, 0.25) is 29.5 Å². The lowest BCUT2D eigenvalue weighted by Gasteiger charge is -2.41. The maximum absolute atomic E-state index is 13.8. The highest BCUT2D eigenvalue weighted by atomic mass is 35.5. The molecule has 1 unspecified atom stereocenters. The number of ether oxygens (including phenoxy) is 1. The maximum atomic E-state index is 13.8. The summed E-state index contributed by atoms with van der Waals surface area (Å²) in [4.78, 5) is 72.7. The lowest BCUT2D eigenvalue weighted by molar-refractivity contribution is -0.195. The van der Waals surface area contributed by atoms with Gasteiger partial charge in [0, 0.05) is 65.3 Å². The zero-order chi connectivity index (χ0) is 40.0. The van der Waals surface area contributed by atoms with Crippen LogP contribution in [0.2, 0.25) is 10.0 Å². The van der Waals surface area contributed by atoms with Crippen molar-refractivity contribution in [1.29, 1.82) is 0 Å². The number of nitrogens with zero attached hydrogens (tertiary/aromatic N) is 2. The number of anilines is 4. The van der Waals surface area contributed by atoms with E-state index in [4.69, 9.17) is 33.7 Å². The van der Waals surface area contributed by atoms with E-state index in [0.29, 0.717) is 34.9 Å². The highest BCUT2D eigenvalue weighted by molar-refractivity contribution is 6.31. The quantitative estimate of drug-likeness (QED) is 0.174. The van der Waals surface area contributed by atoms with Crippen LogP contribution in [0.5, 0.6) is 0 Å². The number of alkyl halides is 3. The van der Waals surface area contributed by atoms with Crippen molar-refractivity contribution >= 4 is 81.6 Å². The molecule has 294 valence electrons. The Labute approximate surface area is 318 Å². The third-order valence-electron chi connectivity index (χ3n) is 8.13. The smallest absolute Gasteiger partial charge is 0.410 e. The van der Waals surface area contributed by atoms with Crippen LogP contribution in [0, 0.1) is 0 Å². The number of carbonyl (C=O) groups excluding carboxylic acids is 6. The zero-order valence-electron chi connectivity index (χ0n) is 29.6. The molecule has 7 N–H and O–H groups in total. The molecule has 5 rings (SSSR count). The first kappa shape index (κ1) is 41.9. The molecule has 0 bridgehead atoms. The van der Waals surface area contributed by atoms with Crippen molar-refractivity contribution < 1.29 is 46.7 Å². The molecule has 0 aliphatic carbocycles. The van der Waals surface area contributed by atoms with E-state index in [0.717, 1.165) is 9.80 Å². The number of nitrogens with one attached hydrogen (secondary N) is 5. The predicted molar refractivity (Wildman–Crippen MR) is 195 cm³/mol. The average Bonchev–Trinajstić information content (AvgIpc) is 3.02. The predicted octanol–water partition coefficient (Wildman–Crippen LogP) is 4.12. The highest BCUT2D eigenvalue weighted by Crippen LogP contribution is 2.30. The average molecular weight is 802 g/mol. The second kappa shape index (κ2) is 17.6. The molecule has 2 aromatic rings. The van der Waals surface area contributed by atoms with E-state index in [1.54, 1.807) is 39.0 Å². The molecule has 54 heavy (non-hydrogen) atoms. The van der Waals surface area contributed by atoms with Crippen LogP contribution in [-0.4, -0.2) is 102 Å². The summed E-state index contributed by atoms with van der Waals surface area (Å²) in [6.45, 7) is 3.40. The molecule has 3 atom stereocenters. The largest absolute Gasteiger partial charge is 0.444 e. The van der Waals surface area contributed by atoms with E-state index in [1.165, 1.54) is 18.2 Å². The fourth-order valence-corrected chi connectivity index (χ4v) is 6.18. The summed E-state index contributed by atoms with van der Waals surface area (Å²) in [5.74, 6) is -2.13. The molecule has 0 radical (unpaired) electrons. The molecule has 3 heterocycles. The van der Waals surface area contributed by atoms with Crippen molar-refractivity contribution in [2.24, 2.45) is 0 Å². The molecule has 3 fully saturated rings. The minimum Gasteiger partial charge on any atom is -0.444 e. The Kier molecular flexibility index (Phi) is 13.6. The topological polar surface area (TPSA) is 204 Å². The number of imide groups is 2. The summed E-state index contributed by atoms with van der Waals surface area (Å²) >= 11 is 12.0. The number of benzene rings is 2. The van der Waals surface area contributed by atoms with E-state index < -0.39 is 60.9 Å². The van der Waals surface area contributed by atoms with E-state index >= 15 is 0 Å². The first-order chi connectivity index (χ1) is 25.1. The van der Waals surface area contributed by atoms with Crippen molar-refractivity contribution in [2.75, 3.05) is 47.9 Å². The van der Waals surface area contributed by atoms with Crippen LogP contribution in [0.4, 0.5) is 40.7 Å². The van der Waals surface area contributed by atoms with Gasteiger partial charge in [0.15, 0.2) is 0 Å². The Morgan fingerprint density at radius 3 is 1.85 bits per heavy atom. The van der Waals surface area contributed by atoms with Gasteiger partial charge >= 0.3 is 12.3 Å². The SMILES string of the molecule is CC(C)(C)OC(=O)N1CCN(CC(=O)Nc2cc(Cl)cc(N[C@@H]3CCC(=O)NC3=O)c2)[C@@H](C(F)(F)F)C1.Nc1cc(Cl)cc(NC2CCC(=O)NC2=O)c1. The van der Waals surface area contributed by atoms with Crippen molar-refractivity contribution in [3.05, 3.63) is 46.4 Å². The molecule has 0 saturated carbocycles. The first-order valence-electron chi connectivity index (χ1n) is 16.8. The third kappa shape index (κ3) is 12.7. The fraction of sp³-hybridized carbons (Fsp3) is 0.471. The number of nitrogens with two attached hydrogens (primary N) is 1. The van der Waals surface area contributed by atoms with E-state index in [-0.39, 0.29) is 54.4 Å². The van der Waals surface area contributed by atoms with Gasteiger partial charge in [-0.15, -0.1) is 0 Å². The highest BCUT2D eigenvalue weighted by Gasteiger charge is 2.48. The number of halogens is 5. The monoisotopic (exact) mass is 800 g/mol. The minimum absolute atomic E-state index is 0.0358. The number of amides is 6. The van der Waals surface area contributed by atoms with Crippen LogP contribution >= 0.6 is 23.2 Å². The van der Waals surface area contributed by atoms with Crippen LogP contribution in [0.15, 0.2) is 36.4 Å². The maximum Gasteiger partial charge on any atom is 0.410 e. The summed E-state index contributed by atoms with van der Waals surface area (Å²) in [7, 11) is 0. The Hall–Kier alpha value is -4.81. The van der Waals surface area contributed by atoms with Crippen LogP contribution in [-0.2, 0) is 28.7 Å². The Balaban J connectivity index is 0.000000317. The Bertz CT molecular complexity index is 1760. The standard InChI is InChI=1S/C23H29ClF3N5O5.C11H12ClN3O2/c1-22(2,3)37-21(36)32-7-6-31(17(11-32)23(25,26)27)12-19(34)29-15-9-13(24)8-14(10-15)28-16-4-5-18(33)30-20(16)35;12-6-3-7(13)5-8(4-6)14-9-1-2-10(16)15-11(9)17/h8-10,16-17,28H,4-7,11-12H2,1-3H3,(H,29,34)(H,30,33,35);3-5,9,14H,1-2,13H2,(H,15,16,17)/t16-,17-;/m1./s1. The summed E-state index contributed by atoms with van der Waals surface area (Å²) in [5, 5.41) is 13.7. The van der Waals surface area contributed by atoms with Crippen LogP contribution in [0.25, 0.3) is 0 Å². The van der Waals surface area contributed by atoms with Gasteiger partial charge in [-0.1, -0.05) is 23.2 Å². The zero-order valence-corrected chi connectivity index (χ0v) is 31.1. The normalized spacial score (nSPS) is 20.9. The number of piperidine rings is 2. The van der Waals surface area contributed by atoms with Crippen LogP contribution < -0.4 is 32.3 Å². The van der Waals surface area contributed by atoms with Crippen LogP contribution in [0.1, 0.15) is 46.5 Å². The number of carbonyl (C=O) groups is 6. The molecule has 3 aliphatic rings. The summed E-state index contributed by atoms with van der Waals surface area (Å²) in [5.41, 5.74) is 6.57. The fourth-order valence-electron chi connectivity index (χ4n) is 5.70. The number of nitrogen functional groups attached to an aromatic ring is 1. The number of hydrogen-bond acceptors (Lipinski definition) is 11. The lowest BCUT2D eigenvalue weighted by Crippen LogP contribution is -2.61. The second-order valence-corrected chi connectivity index (χ2v) is 14.7. The molecule has 2 aromatic carbocycles. The van der Waals surface area contributed by atoms with Crippen LogP contribution in [0.3, 0.4) is 0 Å². The van der Waals surface area contributed by atoms with Gasteiger partial charge in [-0.2, -0.15) is 13.2 Å². The van der Waals surface area contributed by atoms with Gasteiger partial charge < -0.3 is 31.3 Å². The molecule has 0 aromatic heterocycles. The van der Waals surface area contributed by atoms with Gasteiger partial charge in [-0.05, 0) is 70.0 Å². The Morgan fingerprint density at radius 2 is 1.35 bits per heavy atom. The summed E-state index contributed by atoms with van der Waals surface area (Å²) < 4.78 is 46.6. The molecule has 3 aliphatic heterocycles. The van der Waals surface area contributed by atoms with Gasteiger partial charge in [0.1, 0.15) is 23.7 Å². The Morgan fingerprint density at radius 1 is 0.833 bits per heavy atom. The van der Waals surface area contributed by atoms with E-state index in [1.807, 2.05) is 0 Å². The van der Waals surface area contributed by atoms with Gasteiger partial charge in [0.25, 0.3) is 0 Å². The van der Waals surface area contributed by atoms with Crippen molar-refractivity contribution in [2.45, 2.75) is 76.4 Å². The van der Waals surface area contributed by atoms with E-state index in [9.17, 15) is 41.9 Å². The van der Waals surface area contributed by atoms with Crippen molar-refractivity contribution in [3.8, 4) is 0 Å².